The number of likely N-dealkylation sites (N-methyl/N-ethyl adjacent to an activating group) is 1. The molecule has 24 heavy (non-hydrogen) atoms. The number of nitriles is 1. The fourth-order valence-electron chi connectivity index (χ4n) is 2.34. The molecule has 0 saturated carbocycles. The number of rotatable bonds is 5. The molecule has 1 amide bonds. The van der Waals surface area contributed by atoms with Crippen molar-refractivity contribution in [2.24, 2.45) is 0 Å². The van der Waals surface area contributed by atoms with Crippen molar-refractivity contribution in [3.05, 3.63) is 46.5 Å². The molecule has 0 aliphatic carbocycles. The van der Waals surface area contributed by atoms with Crippen molar-refractivity contribution in [2.45, 2.75) is 19.5 Å². The zero-order chi connectivity index (χ0) is 16.9. The van der Waals surface area contributed by atoms with Crippen molar-refractivity contribution in [1.29, 1.82) is 5.26 Å². The Kier molecular flexibility index (Phi) is 4.93. The lowest BCUT2D eigenvalue weighted by molar-refractivity contribution is -0.117. The van der Waals surface area contributed by atoms with E-state index in [-0.39, 0.29) is 12.1 Å². The van der Waals surface area contributed by atoms with Gasteiger partial charge in [0.1, 0.15) is 17.4 Å². The van der Waals surface area contributed by atoms with E-state index in [1.165, 1.54) is 17.3 Å². The molecule has 124 valence electrons. The van der Waals surface area contributed by atoms with Gasteiger partial charge in [-0.3, -0.25) is 4.79 Å². The fraction of sp³-hybridized carbons (Fsp3) is 0.312. The summed E-state index contributed by atoms with van der Waals surface area (Å²) in [6, 6.07) is 5.39. The molecule has 0 atom stereocenters. The van der Waals surface area contributed by atoms with Crippen LogP contribution < -0.4 is 10.6 Å². The molecule has 0 bridgehead atoms. The number of nitrogens with zero attached hydrogens (tertiary/aromatic N) is 3. The van der Waals surface area contributed by atoms with Crippen LogP contribution in [-0.4, -0.2) is 29.4 Å². The molecule has 0 radical (unpaired) electrons. The highest BCUT2D eigenvalue weighted by molar-refractivity contribution is 7.15. The molecular formula is C16H17N5O2S. The van der Waals surface area contributed by atoms with E-state index in [9.17, 15) is 4.79 Å². The Bertz CT molecular complexity index is 788. The van der Waals surface area contributed by atoms with Crippen LogP contribution in [0.5, 0.6) is 0 Å². The second kappa shape index (κ2) is 7.29. The van der Waals surface area contributed by atoms with E-state index < -0.39 is 5.91 Å². The van der Waals surface area contributed by atoms with Gasteiger partial charge in [0, 0.05) is 30.6 Å². The lowest BCUT2D eigenvalue weighted by Crippen LogP contribution is -2.25. The smallest absolute Gasteiger partial charge is 0.263 e. The Morgan fingerprint density at radius 2 is 2.50 bits per heavy atom. The summed E-state index contributed by atoms with van der Waals surface area (Å²) in [6.45, 7) is 2.11. The van der Waals surface area contributed by atoms with Gasteiger partial charge in [0.25, 0.3) is 5.91 Å². The number of amides is 1. The number of thiazole rings is 1. The summed E-state index contributed by atoms with van der Waals surface area (Å²) < 4.78 is 5.14. The minimum absolute atomic E-state index is 0.00755. The lowest BCUT2D eigenvalue weighted by Gasteiger charge is -2.20. The summed E-state index contributed by atoms with van der Waals surface area (Å²) in [5, 5.41) is 15.5. The van der Waals surface area contributed by atoms with Crippen LogP contribution in [-0.2, 0) is 24.3 Å². The second-order valence-electron chi connectivity index (χ2n) is 5.45. The van der Waals surface area contributed by atoms with E-state index in [1.54, 1.807) is 23.5 Å². The minimum atomic E-state index is -0.456. The highest BCUT2D eigenvalue weighted by atomic mass is 32.1. The number of hydrogen-bond donors (Lipinski definition) is 2. The van der Waals surface area contributed by atoms with Gasteiger partial charge in [-0.25, -0.2) is 4.98 Å². The van der Waals surface area contributed by atoms with Crippen molar-refractivity contribution >= 4 is 22.4 Å². The van der Waals surface area contributed by atoms with Crippen LogP contribution in [0.25, 0.3) is 0 Å². The van der Waals surface area contributed by atoms with Gasteiger partial charge in [-0.15, -0.1) is 11.3 Å². The average Bonchev–Trinajstić information content (AvgIpc) is 3.22. The van der Waals surface area contributed by atoms with E-state index in [0.29, 0.717) is 10.9 Å². The molecular weight excluding hydrogens is 326 g/mol. The number of fused-ring (bicyclic) bond motifs is 1. The molecule has 1 aliphatic heterocycles. The minimum Gasteiger partial charge on any atom is -0.467 e. The van der Waals surface area contributed by atoms with Crippen LogP contribution >= 0.6 is 11.3 Å². The Hall–Kier alpha value is -2.63. The molecule has 0 spiro atoms. The van der Waals surface area contributed by atoms with Crippen molar-refractivity contribution in [1.82, 2.24) is 15.2 Å². The van der Waals surface area contributed by atoms with Gasteiger partial charge in [-0.05, 0) is 19.2 Å². The standard InChI is InChI=1S/C16H17N5O2S/c1-21-5-4-13-14(10-21)24-16(20-13)19-8-11(7-17)15(22)18-9-12-3-2-6-23-12/h2-3,6,8H,4-5,9-10H2,1H3,(H,18,22)(H,19,20)/b11-8-. The Balaban J connectivity index is 1.61. The maximum atomic E-state index is 12.0. The first-order valence-electron chi connectivity index (χ1n) is 7.50. The Morgan fingerprint density at radius 1 is 1.62 bits per heavy atom. The molecule has 2 aromatic rings. The van der Waals surface area contributed by atoms with Gasteiger partial charge in [0.2, 0.25) is 0 Å². The summed E-state index contributed by atoms with van der Waals surface area (Å²) in [5.41, 5.74) is 1.08. The summed E-state index contributed by atoms with van der Waals surface area (Å²) in [7, 11) is 2.08. The highest BCUT2D eigenvalue weighted by Crippen LogP contribution is 2.27. The predicted molar refractivity (Wildman–Crippen MR) is 90.0 cm³/mol. The first kappa shape index (κ1) is 16.2. The Morgan fingerprint density at radius 3 is 3.25 bits per heavy atom. The van der Waals surface area contributed by atoms with Crippen molar-refractivity contribution in [3.8, 4) is 6.07 Å². The number of aromatic nitrogens is 1. The van der Waals surface area contributed by atoms with Gasteiger partial charge in [0.05, 0.1) is 18.5 Å². The number of nitrogens with one attached hydrogen (secondary N) is 2. The van der Waals surface area contributed by atoms with Crippen LogP contribution in [0, 0.1) is 11.3 Å². The average molecular weight is 343 g/mol. The molecule has 0 saturated heterocycles. The van der Waals surface area contributed by atoms with Crippen LogP contribution in [0.4, 0.5) is 5.13 Å². The van der Waals surface area contributed by atoms with Gasteiger partial charge in [-0.2, -0.15) is 5.26 Å². The molecule has 0 fully saturated rings. The summed E-state index contributed by atoms with van der Waals surface area (Å²) in [6.07, 6.45) is 3.85. The number of carbonyl (C=O) groups excluding carboxylic acids is 1. The molecule has 1 aliphatic rings. The van der Waals surface area contributed by atoms with E-state index in [2.05, 4.69) is 27.6 Å². The van der Waals surface area contributed by atoms with E-state index in [0.717, 1.165) is 25.2 Å². The van der Waals surface area contributed by atoms with Gasteiger partial charge < -0.3 is 20.0 Å². The first-order chi connectivity index (χ1) is 11.7. The molecule has 3 heterocycles. The third kappa shape index (κ3) is 3.82. The normalized spacial score (nSPS) is 14.8. The summed E-state index contributed by atoms with van der Waals surface area (Å²) in [4.78, 5) is 20.0. The molecule has 0 aromatic carbocycles. The number of hydrogen-bond acceptors (Lipinski definition) is 7. The number of anilines is 1. The summed E-state index contributed by atoms with van der Waals surface area (Å²) >= 11 is 1.55. The zero-order valence-electron chi connectivity index (χ0n) is 13.2. The molecule has 7 nitrogen and oxygen atoms in total. The number of furan rings is 1. The van der Waals surface area contributed by atoms with Crippen LogP contribution in [0.1, 0.15) is 16.3 Å². The van der Waals surface area contributed by atoms with E-state index >= 15 is 0 Å². The lowest BCUT2D eigenvalue weighted by atomic mass is 10.2. The van der Waals surface area contributed by atoms with Gasteiger partial charge >= 0.3 is 0 Å². The molecule has 2 aromatic heterocycles. The fourth-order valence-corrected chi connectivity index (χ4v) is 3.40. The van der Waals surface area contributed by atoms with Gasteiger partial charge in [0.15, 0.2) is 5.13 Å². The summed E-state index contributed by atoms with van der Waals surface area (Å²) in [5.74, 6) is 0.174. The largest absolute Gasteiger partial charge is 0.467 e. The van der Waals surface area contributed by atoms with Gasteiger partial charge in [-0.1, -0.05) is 0 Å². The number of carbonyl (C=O) groups is 1. The van der Waals surface area contributed by atoms with E-state index in [1.807, 2.05) is 6.07 Å². The monoisotopic (exact) mass is 343 g/mol. The first-order valence-corrected chi connectivity index (χ1v) is 8.32. The molecule has 3 rings (SSSR count). The second-order valence-corrected chi connectivity index (χ2v) is 6.54. The van der Waals surface area contributed by atoms with Crippen molar-refractivity contribution in [3.63, 3.8) is 0 Å². The van der Waals surface area contributed by atoms with Crippen molar-refractivity contribution < 1.29 is 9.21 Å². The molecule has 2 N–H and O–H groups in total. The highest BCUT2D eigenvalue weighted by Gasteiger charge is 2.18. The third-order valence-electron chi connectivity index (χ3n) is 3.63. The molecule has 0 unspecified atom stereocenters. The molecule has 8 heteroatoms. The zero-order valence-corrected chi connectivity index (χ0v) is 14.0. The SMILES string of the molecule is CN1CCc2nc(N/C=C(/C#N)C(=O)NCc3ccco3)sc2C1. The predicted octanol–water partition coefficient (Wildman–Crippen LogP) is 1.86. The van der Waals surface area contributed by atoms with Crippen LogP contribution in [0.2, 0.25) is 0 Å². The maximum Gasteiger partial charge on any atom is 0.263 e. The topological polar surface area (TPSA) is 94.2 Å². The van der Waals surface area contributed by atoms with Crippen LogP contribution in [0.15, 0.2) is 34.6 Å². The Labute approximate surface area is 143 Å². The third-order valence-corrected chi connectivity index (χ3v) is 4.64. The maximum absolute atomic E-state index is 12.0. The quantitative estimate of drug-likeness (QED) is 0.636. The van der Waals surface area contributed by atoms with Crippen LogP contribution in [0.3, 0.4) is 0 Å². The van der Waals surface area contributed by atoms with E-state index in [4.69, 9.17) is 9.68 Å². The van der Waals surface area contributed by atoms with Crippen molar-refractivity contribution in [2.75, 3.05) is 18.9 Å².